The van der Waals surface area contributed by atoms with Crippen LogP contribution in [0.5, 0.6) is 0 Å². The van der Waals surface area contributed by atoms with Crippen molar-refractivity contribution in [2.45, 2.75) is 13.0 Å². The molecule has 0 aliphatic carbocycles. The molecule has 2 N–H and O–H groups in total. The molecular weight excluding hydrogens is 152 g/mol. The molecule has 3 heteroatoms. The molecule has 0 saturated heterocycles. The molecule has 1 aliphatic heterocycles. The summed E-state index contributed by atoms with van der Waals surface area (Å²) in [6.07, 6.45) is 4.14. The van der Waals surface area contributed by atoms with Crippen LogP contribution in [0, 0.1) is 0 Å². The zero-order chi connectivity index (χ0) is 8.81. The van der Waals surface area contributed by atoms with Crippen molar-refractivity contribution < 1.29 is 5.11 Å². The smallest absolute Gasteiger partial charge is 0.0636 e. The number of nitrogens with zero attached hydrogens (tertiary/aromatic N) is 1. The topological polar surface area (TPSA) is 35.5 Å². The number of hydrogen-bond donors (Lipinski definition) is 2. The Kier molecular flexibility index (Phi) is 4.29. The molecule has 0 bridgehead atoms. The van der Waals surface area contributed by atoms with Crippen molar-refractivity contribution in [2.75, 3.05) is 32.7 Å². The first-order chi connectivity index (χ1) is 5.79. The van der Waals surface area contributed by atoms with Gasteiger partial charge in [-0.2, -0.15) is 0 Å². The summed E-state index contributed by atoms with van der Waals surface area (Å²) in [6, 6.07) is 0. The molecule has 70 valence electrons. The van der Waals surface area contributed by atoms with Gasteiger partial charge >= 0.3 is 0 Å². The van der Waals surface area contributed by atoms with Gasteiger partial charge in [-0.15, -0.1) is 0 Å². The first-order valence-electron chi connectivity index (χ1n) is 4.55. The Balaban J connectivity index is 1.89. The van der Waals surface area contributed by atoms with Crippen molar-refractivity contribution in [3.05, 3.63) is 12.2 Å². The van der Waals surface area contributed by atoms with Gasteiger partial charge in [-0.3, -0.25) is 4.90 Å². The van der Waals surface area contributed by atoms with Gasteiger partial charge in [0.1, 0.15) is 0 Å². The molecule has 1 unspecified atom stereocenters. The lowest BCUT2D eigenvalue weighted by atomic mass is 10.4. The van der Waals surface area contributed by atoms with Gasteiger partial charge in [0.05, 0.1) is 6.10 Å². The second kappa shape index (κ2) is 5.30. The molecule has 0 aromatic rings. The molecule has 0 fully saturated rings. The minimum Gasteiger partial charge on any atom is -0.392 e. The molecule has 12 heavy (non-hydrogen) atoms. The monoisotopic (exact) mass is 170 g/mol. The summed E-state index contributed by atoms with van der Waals surface area (Å²) in [7, 11) is 0. The molecule has 0 amide bonds. The van der Waals surface area contributed by atoms with Crippen molar-refractivity contribution in [2.24, 2.45) is 0 Å². The highest BCUT2D eigenvalue weighted by molar-refractivity contribution is 4.95. The predicted octanol–water partition coefficient (Wildman–Crippen LogP) is -0.171. The third-order valence-corrected chi connectivity index (χ3v) is 1.94. The number of hydrogen-bond acceptors (Lipinski definition) is 3. The fourth-order valence-corrected chi connectivity index (χ4v) is 1.25. The zero-order valence-electron chi connectivity index (χ0n) is 7.66. The maximum atomic E-state index is 8.96. The molecule has 0 spiro atoms. The Morgan fingerprint density at radius 1 is 1.50 bits per heavy atom. The van der Waals surface area contributed by atoms with Crippen molar-refractivity contribution in [1.29, 1.82) is 0 Å². The van der Waals surface area contributed by atoms with E-state index in [0.29, 0.717) is 6.54 Å². The van der Waals surface area contributed by atoms with E-state index in [4.69, 9.17) is 5.11 Å². The maximum absolute atomic E-state index is 8.96. The molecule has 3 nitrogen and oxygen atoms in total. The van der Waals surface area contributed by atoms with E-state index in [-0.39, 0.29) is 6.10 Å². The second-order valence-electron chi connectivity index (χ2n) is 3.28. The fourth-order valence-electron chi connectivity index (χ4n) is 1.25. The van der Waals surface area contributed by atoms with E-state index in [9.17, 15) is 0 Å². The normalized spacial score (nSPS) is 20.2. The Morgan fingerprint density at radius 3 is 2.75 bits per heavy atom. The summed E-state index contributed by atoms with van der Waals surface area (Å²) >= 11 is 0. The minimum atomic E-state index is -0.235. The summed E-state index contributed by atoms with van der Waals surface area (Å²) in [5.74, 6) is 0. The number of nitrogens with one attached hydrogen (secondary N) is 1. The van der Waals surface area contributed by atoms with Gasteiger partial charge in [0.25, 0.3) is 0 Å². The quantitative estimate of drug-likeness (QED) is 0.444. The lowest BCUT2D eigenvalue weighted by molar-refractivity contribution is 0.189. The van der Waals surface area contributed by atoms with Crippen LogP contribution in [-0.2, 0) is 0 Å². The van der Waals surface area contributed by atoms with Crippen molar-refractivity contribution in [3.8, 4) is 0 Å². The van der Waals surface area contributed by atoms with E-state index in [1.807, 2.05) is 0 Å². The maximum Gasteiger partial charge on any atom is 0.0636 e. The lowest BCUT2D eigenvalue weighted by Gasteiger charge is -2.15. The molecule has 1 atom stereocenters. The SMILES string of the molecule is CC(O)CNCCN1CC=CC1. The van der Waals surface area contributed by atoms with Crippen LogP contribution in [0.3, 0.4) is 0 Å². The van der Waals surface area contributed by atoms with Gasteiger partial charge in [0, 0.05) is 32.7 Å². The average molecular weight is 170 g/mol. The molecule has 0 aromatic carbocycles. The van der Waals surface area contributed by atoms with Crippen LogP contribution >= 0.6 is 0 Å². The largest absolute Gasteiger partial charge is 0.392 e. The van der Waals surface area contributed by atoms with Crippen molar-refractivity contribution >= 4 is 0 Å². The highest BCUT2D eigenvalue weighted by Crippen LogP contribution is 1.96. The first-order valence-corrected chi connectivity index (χ1v) is 4.55. The van der Waals surface area contributed by atoms with E-state index >= 15 is 0 Å². The zero-order valence-corrected chi connectivity index (χ0v) is 7.66. The summed E-state index contributed by atoms with van der Waals surface area (Å²) < 4.78 is 0. The van der Waals surface area contributed by atoms with Crippen LogP contribution in [-0.4, -0.2) is 48.8 Å². The molecule has 0 aromatic heterocycles. The molecule has 1 rings (SSSR count). The van der Waals surface area contributed by atoms with Crippen molar-refractivity contribution in [1.82, 2.24) is 10.2 Å². The summed E-state index contributed by atoms with van der Waals surface area (Å²) in [5.41, 5.74) is 0. The molecular formula is C9H18N2O. The molecule has 1 aliphatic rings. The Labute approximate surface area is 74.1 Å². The first kappa shape index (κ1) is 9.71. The number of aliphatic hydroxyl groups is 1. The van der Waals surface area contributed by atoms with Gasteiger partial charge in [0.15, 0.2) is 0 Å². The molecule has 0 saturated carbocycles. The Hall–Kier alpha value is -0.380. The van der Waals surface area contributed by atoms with Gasteiger partial charge in [-0.05, 0) is 6.92 Å². The molecule has 1 heterocycles. The Bertz CT molecular complexity index is 137. The van der Waals surface area contributed by atoms with Crippen LogP contribution in [0.15, 0.2) is 12.2 Å². The van der Waals surface area contributed by atoms with Gasteiger partial charge in [-0.25, -0.2) is 0 Å². The van der Waals surface area contributed by atoms with E-state index in [2.05, 4.69) is 22.4 Å². The third kappa shape index (κ3) is 3.85. The second-order valence-corrected chi connectivity index (χ2v) is 3.28. The van der Waals surface area contributed by atoms with E-state index in [1.165, 1.54) is 0 Å². The van der Waals surface area contributed by atoms with Gasteiger partial charge in [0.2, 0.25) is 0 Å². The van der Waals surface area contributed by atoms with E-state index < -0.39 is 0 Å². The summed E-state index contributed by atoms with van der Waals surface area (Å²) in [5, 5.41) is 12.1. The van der Waals surface area contributed by atoms with Crippen LogP contribution in [0.4, 0.5) is 0 Å². The molecule has 0 radical (unpaired) electrons. The standard InChI is InChI=1S/C9H18N2O/c1-9(12)8-10-4-7-11-5-2-3-6-11/h2-3,9-10,12H,4-8H2,1H3. The predicted molar refractivity (Wildman–Crippen MR) is 50.1 cm³/mol. The number of rotatable bonds is 5. The van der Waals surface area contributed by atoms with Crippen LogP contribution in [0.1, 0.15) is 6.92 Å². The third-order valence-electron chi connectivity index (χ3n) is 1.94. The van der Waals surface area contributed by atoms with Crippen LogP contribution in [0.25, 0.3) is 0 Å². The lowest BCUT2D eigenvalue weighted by Crippen LogP contribution is -2.33. The minimum absolute atomic E-state index is 0.235. The van der Waals surface area contributed by atoms with Crippen LogP contribution in [0.2, 0.25) is 0 Å². The highest BCUT2D eigenvalue weighted by Gasteiger charge is 2.04. The van der Waals surface area contributed by atoms with Gasteiger partial charge < -0.3 is 10.4 Å². The summed E-state index contributed by atoms with van der Waals surface area (Å²) in [6.45, 7) is 6.69. The Morgan fingerprint density at radius 2 is 2.17 bits per heavy atom. The van der Waals surface area contributed by atoms with Gasteiger partial charge in [-0.1, -0.05) is 12.2 Å². The van der Waals surface area contributed by atoms with Crippen molar-refractivity contribution in [3.63, 3.8) is 0 Å². The average Bonchev–Trinajstić information content (AvgIpc) is 2.49. The van der Waals surface area contributed by atoms with E-state index in [1.54, 1.807) is 6.92 Å². The summed E-state index contributed by atoms with van der Waals surface area (Å²) in [4.78, 5) is 2.36. The number of aliphatic hydroxyl groups excluding tert-OH is 1. The highest BCUT2D eigenvalue weighted by atomic mass is 16.3. The van der Waals surface area contributed by atoms with E-state index in [0.717, 1.165) is 26.2 Å². The fraction of sp³-hybridized carbons (Fsp3) is 0.778. The van der Waals surface area contributed by atoms with Crippen LogP contribution < -0.4 is 5.32 Å².